The minimum atomic E-state index is -0.844. The summed E-state index contributed by atoms with van der Waals surface area (Å²) in [7, 11) is -0.844. The summed E-state index contributed by atoms with van der Waals surface area (Å²) in [5.74, 6) is 8.28. The van der Waals surface area contributed by atoms with Crippen molar-refractivity contribution < 1.29 is 57.6 Å². The van der Waals surface area contributed by atoms with Crippen LogP contribution in [0.2, 0.25) is 24.7 Å². The second kappa shape index (κ2) is 91.6. The quantitative estimate of drug-likeness (QED) is 0.0133. The number of carbonyl (C=O) groups is 6. The first-order chi connectivity index (χ1) is 68.3. The lowest BCUT2D eigenvalue weighted by atomic mass is 9.98. The van der Waals surface area contributed by atoms with Crippen LogP contribution in [0.4, 0.5) is 0 Å². The van der Waals surface area contributed by atoms with Crippen LogP contribution < -0.4 is 0 Å². The first-order valence-corrected chi connectivity index (χ1v) is 58.3. The van der Waals surface area contributed by atoms with E-state index >= 15 is 0 Å². The van der Waals surface area contributed by atoms with E-state index in [4.69, 9.17) is 28.8 Å². The molecule has 9 rings (SSSR count). The van der Waals surface area contributed by atoms with Gasteiger partial charge in [-0.2, -0.15) is 0 Å². The first-order valence-electron chi connectivity index (χ1n) is 55.0. The highest BCUT2D eigenvalue weighted by atomic mass is 28.3. The van der Waals surface area contributed by atoms with Gasteiger partial charge in [-0.1, -0.05) is 544 Å². The molecule has 0 unspecified atom stereocenters. The first kappa shape index (κ1) is 147. The highest BCUT2D eigenvalue weighted by Crippen LogP contribution is 2.45. The monoisotopic (exact) mass is 2030 g/mol. The van der Waals surface area contributed by atoms with Crippen molar-refractivity contribution in [3.8, 4) is 22.3 Å². The number of hydrogen-bond donors (Lipinski definition) is 1. The third-order valence-corrected chi connectivity index (χ3v) is 26.6. The van der Waals surface area contributed by atoms with Gasteiger partial charge in [0.2, 0.25) is 0 Å². The van der Waals surface area contributed by atoms with Gasteiger partial charge in [0.05, 0.1) is 57.5 Å². The van der Waals surface area contributed by atoms with Crippen LogP contribution in [-0.4, -0.2) is 75.2 Å². The second-order valence-electron chi connectivity index (χ2n) is 45.2. The van der Waals surface area contributed by atoms with E-state index in [-0.39, 0.29) is 83.7 Å². The van der Waals surface area contributed by atoms with Gasteiger partial charge in [0.15, 0.2) is 0 Å². The molecular formula is C133H216O12Si. The minimum Gasteiger partial charge on any atom is -0.465 e. The number of ketones is 1. The Labute approximate surface area is 898 Å². The zero-order valence-electron chi connectivity index (χ0n) is 100. The molecule has 1 aliphatic carbocycles. The summed E-state index contributed by atoms with van der Waals surface area (Å²) in [5.41, 5.74) is 14.7. The number of carbonyl (C=O) groups excluding carboxylic acids is 6. The average Bonchev–Trinajstić information content (AvgIpc) is 1.61. The summed E-state index contributed by atoms with van der Waals surface area (Å²) in [6, 6.07) is 77.9. The SMILES string of the molecule is C=CCC(C)C.C=CCOC(=O)C(C)C.CC(=O)C(C)C.CC(C)C.CC(C)C(=O)OCC1c2ccccc2-c2ccccc21.CC(C)C(=O)OCc1ccccc1.CC(C)CC(C)C.CC(C)CCCCOC(=O)C(C)C.CC(C)COC(=O)C(C)C.CC(C)C[Si](C)(C)C(C)C.CC(C)Cc1ccc(CO)cc1.CC(C)Cc1ccccc1.CC(C)c1ccccc1.CCC(C)C.c1ccc(-c2ccccc2)cc1. The second-order valence-corrected chi connectivity index (χ2v) is 50.7. The Kier molecular flexibility index (Phi) is 92.3. The lowest BCUT2D eigenvalue weighted by Gasteiger charge is -2.28. The summed E-state index contributed by atoms with van der Waals surface area (Å²) in [4.78, 5) is 65.4. The van der Waals surface area contributed by atoms with Gasteiger partial charge in [0.25, 0.3) is 0 Å². The van der Waals surface area contributed by atoms with E-state index in [1.54, 1.807) is 26.8 Å². The molecule has 1 N–H and O–H groups in total. The molecule has 1 aliphatic rings. The van der Waals surface area contributed by atoms with Crippen molar-refractivity contribution in [2.45, 2.75) is 371 Å². The molecule has 0 radical (unpaired) electrons. The van der Waals surface area contributed by atoms with Gasteiger partial charge >= 0.3 is 29.8 Å². The molecule has 8 aromatic carbocycles. The molecule has 8 aromatic rings. The van der Waals surface area contributed by atoms with Crippen molar-refractivity contribution in [3.05, 3.63) is 289 Å². The fourth-order valence-electron chi connectivity index (χ4n) is 12.4. The Morgan fingerprint density at radius 2 is 0.685 bits per heavy atom. The van der Waals surface area contributed by atoms with Gasteiger partial charge in [-0.15, -0.1) is 6.58 Å². The molecule has 0 heterocycles. The van der Waals surface area contributed by atoms with Crippen molar-refractivity contribution in [3.63, 3.8) is 0 Å². The number of rotatable bonds is 34. The Morgan fingerprint density at radius 1 is 0.349 bits per heavy atom. The third-order valence-electron chi connectivity index (χ3n) is 21.6. The normalized spacial score (nSPS) is 10.7. The predicted octanol–water partition coefficient (Wildman–Crippen LogP) is 37.6. The van der Waals surface area contributed by atoms with Crippen LogP contribution >= 0.6 is 0 Å². The van der Waals surface area contributed by atoms with Crippen LogP contribution in [0.15, 0.2) is 250 Å². The van der Waals surface area contributed by atoms with E-state index in [0.717, 1.165) is 89.7 Å². The standard InChI is InChI=1S/C18H18O2.C12H10.C11H14O2.C11H22O2.C11H16O.C10H14.C9H22Si.C9H12.C8H16O2.C7H12O2.C7H16.C6H12.C5H10O.C5H12.C4H10/c1-12(2)18(19)20-11-17-15-9-5-3-7-13(15)14-8-4-6-10-16(14)17;1-3-7-11(8-4-1)12-9-5-2-6-10-12;1-9(2)11(12)13-8-10-6-4-3-5-7-10;1-9(2)7-5-6-8-13-11(12)10(3)4;1-9(2)7-10-3-5-11(8-12)6-4-10;1-9(2)8-10-6-4-3-5-7-10;1-8(2)7-10(5,6)9(3)4;1-8(2)9-6-4-3-5-7-9;1-6(2)5-10-8(9)7(3)4;1-4-5-9-7(8)6(2)3;1-6(2)5-7(3)4;1-4-5-6(2)3;1-4(2)5(3)6;1-4-5(2)3;1-4(2)3/h3-10,12,17H,11H2,1-2H3;1-10H;3-7,9H,8H2,1-2H3;9-10H,5-8H2,1-4H3;3-6,9,12H,7-8H2,1-2H3;3-7,9H,8H2,1-2H3;8-9H,7H2,1-6H3;3-8H,1-2H3;6-7H,5H2,1-4H3;4,6H,1,5H2,2-3H3;6-7H,5H2,1-4H3;4,6H,1,5H2,2-3H3;4H,1-3H3;5H,4H2,1-3H3;4H,1-3H3. The number of esters is 5. The Hall–Kier alpha value is -9.56. The molecule has 0 aromatic heterocycles. The van der Waals surface area contributed by atoms with Crippen LogP contribution in [0.1, 0.15) is 359 Å². The van der Waals surface area contributed by atoms with Crippen molar-refractivity contribution in [2.75, 3.05) is 26.4 Å². The molecule has 0 atom stereocenters. The van der Waals surface area contributed by atoms with Crippen molar-refractivity contribution >= 4 is 43.7 Å². The minimum absolute atomic E-state index is 0.00116. The number of aliphatic hydroxyl groups excluding tert-OH is 1. The van der Waals surface area contributed by atoms with Crippen LogP contribution in [0, 0.1) is 94.7 Å². The molecule has 0 spiro atoms. The fourth-order valence-corrected chi connectivity index (χ4v) is 15.0. The fraction of sp³-hybridized carbons (Fsp3) is 0.564. The van der Waals surface area contributed by atoms with E-state index < -0.39 is 8.07 Å². The Morgan fingerprint density at radius 3 is 0.973 bits per heavy atom. The van der Waals surface area contributed by atoms with E-state index in [9.17, 15) is 28.8 Å². The van der Waals surface area contributed by atoms with Gasteiger partial charge in [0, 0.05) is 11.8 Å². The Balaban J connectivity index is -0.000000365. The summed E-state index contributed by atoms with van der Waals surface area (Å²) >= 11 is 0. The molecule has 824 valence electrons. The zero-order chi connectivity index (χ0) is 113. The number of benzene rings is 8. The topological polar surface area (TPSA) is 169 Å². The number of fused-ring (bicyclic) bond motifs is 3. The van der Waals surface area contributed by atoms with Crippen LogP contribution in [0.5, 0.6) is 0 Å². The maximum Gasteiger partial charge on any atom is 0.308 e. The van der Waals surface area contributed by atoms with Crippen LogP contribution in [0.25, 0.3) is 22.3 Å². The van der Waals surface area contributed by atoms with E-state index in [2.05, 4.69) is 344 Å². The molecular weight excluding hydrogens is 1820 g/mol. The zero-order valence-corrected chi connectivity index (χ0v) is 101. The lowest BCUT2D eigenvalue weighted by molar-refractivity contribution is -0.149. The van der Waals surface area contributed by atoms with E-state index in [1.165, 1.54) is 81.8 Å². The van der Waals surface area contributed by atoms with Gasteiger partial charge in [-0.3, -0.25) is 28.8 Å². The molecule has 12 nitrogen and oxygen atoms in total. The maximum absolute atomic E-state index is 11.7. The number of hydrogen-bond acceptors (Lipinski definition) is 12. The van der Waals surface area contributed by atoms with Crippen molar-refractivity contribution in [1.29, 1.82) is 0 Å². The molecule has 0 fully saturated rings. The highest BCUT2D eigenvalue weighted by Gasteiger charge is 2.30. The van der Waals surface area contributed by atoms with Gasteiger partial charge in [-0.25, -0.2) is 0 Å². The Bertz CT molecular complexity index is 4330. The number of Topliss-reactive ketones (excluding diaryl/α,β-unsaturated/α-hetero) is 1. The molecule has 13 heteroatoms. The smallest absolute Gasteiger partial charge is 0.308 e. The largest absolute Gasteiger partial charge is 0.465 e. The van der Waals surface area contributed by atoms with Crippen molar-refractivity contribution in [1.82, 2.24) is 0 Å². The summed E-state index contributed by atoms with van der Waals surface area (Å²) in [6.45, 7) is 95.9. The molecule has 146 heavy (non-hydrogen) atoms. The highest BCUT2D eigenvalue weighted by molar-refractivity contribution is 6.78. The summed E-state index contributed by atoms with van der Waals surface area (Å²) in [5, 5.41) is 8.81. The molecule has 0 amide bonds. The van der Waals surface area contributed by atoms with Crippen molar-refractivity contribution in [2.24, 2.45) is 94.7 Å². The van der Waals surface area contributed by atoms with E-state index in [0.29, 0.717) is 50.8 Å². The number of allylic oxidation sites excluding steroid dienone is 1. The predicted molar refractivity (Wildman–Crippen MR) is 637 cm³/mol. The van der Waals surface area contributed by atoms with Crippen LogP contribution in [0.3, 0.4) is 0 Å². The molecule has 0 aliphatic heterocycles. The summed E-state index contributed by atoms with van der Waals surface area (Å²) in [6.07, 6.45) is 13.0. The van der Waals surface area contributed by atoms with Gasteiger partial charge in [0.1, 0.15) is 25.6 Å². The third kappa shape index (κ3) is 89.6. The molecule has 0 saturated carbocycles. The average molecular weight is 2040 g/mol. The van der Waals surface area contributed by atoms with Gasteiger partial charge < -0.3 is 28.8 Å². The number of unbranched alkanes of at least 4 members (excludes halogenated alkanes) is 1. The van der Waals surface area contributed by atoms with Crippen LogP contribution in [-0.2, 0) is 78.5 Å². The molecule has 0 bridgehead atoms. The lowest BCUT2D eigenvalue weighted by Crippen LogP contribution is -2.30. The van der Waals surface area contributed by atoms with E-state index in [1.807, 2.05) is 162 Å². The van der Waals surface area contributed by atoms with Gasteiger partial charge in [-0.05, 0) is 172 Å². The number of aliphatic hydroxyl groups is 1. The summed E-state index contributed by atoms with van der Waals surface area (Å²) < 4.78 is 25.2. The molecule has 0 saturated heterocycles. The maximum atomic E-state index is 11.7. The number of ether oxygens (including phenoxy) is 5.